The van der Waals surface area contributed by atoms with Gasteiger partial charge >= 0.3 is 0 Å². The van der Waals surface area contributed by atoms with Crippen molar-refractivity contribution in [3.63, 3.8) is 0 Å². The second kappa shape index (κ2) is 8.60. The number of benzene rings is 2. The van der Waals surface area contributed by atoms with E-state index in [4.69, 9.17) is 4.74 Å². The number of amides is 1. The Bertz CT molecular complexity index is 954. The highest BCUT2D eigenvalue weighted by Gasteiger charge is 2.18. The molecule has 0 radical (unpaired) electrons. The van der Waals surface area contributed by atoms with Crippen LogP contribution in [0, 0.1) is 0 Å². The fraction of sp³-hybridized carbons (Fsp3) is 0.227. The van der Waals surface area contributed by atoms with Gasteiger partial charge in [-0.2, -0.15) is 0 Å². The topological polar surface area (TPSA) is 70.6 Å². The van der Waals surface area contributed by atoms with Crippen molar-refractivity contribution >= 4 is 23.2 Å². The van der Waals surface area contributed by atoms with Crippen molar-refractivity contribution in [2.24, 2.45) is 0 Å². The van der Waals surface area contributed by atoms with Crippen molar-refractivity contribution in [1.82, 2.24) is 10.2 Å². The summed E-state index contributed by atoms with van der Waals surface area (Å²) in [6.07, 6.45) is 0. The number of hydrogen-bond donors (Lipinski definition) is 1. The zero-order valence-corrected chi connectivity index (χ0v) is 16.3. The van der Waals surface area contributed by atoms with Gasteiger partial charge < -0.3 is 19.9 Å². The predicted octanol–water partition coefficient (Wildman–Crippen LogP) is 3.06. The van der Waals surface area contributed by atoms with Gasteiger partial charge in [-0.3, -0.25) is 4.79 Å². The lowest BCUT2D eigenvalue weighted by Gasteiger charge is -2.36. The van der Waals surface area contributed by atoms with Crippen LogP contribution >= 0.6 is 0 Å². The molecule has 1 N–H and O–H groups in total. The maximum Gasteiger partial charge on any atom is 0.256 e. The van der Waals surface area contributed by atoms with Crippen LogP contribution in [0.15, 0.2) is 66.7 Å². The van der Waals surface area contributed by atoms with Crippen molar-refractivity contribution in [2.75, 3.05) is 48.4 Å². The number of piperazine rings is 1. The van der Waals surface area contributed by atoms with Gasteiger partial charge in [0.1, 0.15) is 5.75 Å². The standard InChI is InChI=1S/C22H23N5O2/c1-29-19-9-5-6-17(16-19)22(28)23-20-10-11-21(25-24-20)27-14-12-26(13-15-27)18-7-3-2-4-8-18/h2-11,16H,12-15H2,1H3,(H,23,24,28). The second-order valence-electron chi connectivity index (χ2n) is 6.77. The molecule has 0 bridgehead atoms. The molecule has 2 heterocycles. The number of nitrogens with zero attached hydrogens (tertiary/aromatic N) is 4. The minimum Gasteiger partial charge on any atom is -0.497 e. The maximum absolute atomic E-state index is 12.4. The molecule has 4 rings (SSSR count). The van der Waals surface area contributed by atoms with Gasteiger partial charge in [0.15, 0.2) is 11.6 Å². The molecule has 148 valence electrons. The first kappa shape index (κ1) is 18.7. The van der Waals surface area contributed by atoms with E-state index in [-0.39, 0.29) is 5.91 Å². The molecule has 0 unspecified atom stereocenters. The molecule has 2 aromatic carbocycles. The van der Waals surface area contributed by atoms with Crippen molar-refractivity contribution < 1.29 is 9.53 Å². The van der Waals surface area contributed by atoms with Gasteiger partial charge in [0.2, 0.25) is 0 Å². The number of carbonyl (C=O) groups excluding carboxylic acids is 1. The van der Waals surface area contributed by atoms with Gasteiger partial charge in [0, 0.05) is 37.4 Å². The van der Waals surface area contributed by atoms with Gasteiger partial charge in [0.05, 0.1) is 7.11 Å². The van der Waals surface area contributed by atoms with Crippen LogP contribution in [-0.2, 0) is 0 Å². The third-order valence-electron chi connectivity index (χ3n) is 4.95. The first-order chi connectivity index (χ1) is 14.2. The summed E-state index contributed by atoms with van der Waals surface area (Å²) in [7, 11) is 1.57. The van der Waals surface area contributed by atoms with Crippen molar-refractivity contribution in [3.8, 4) is 5.75 Å². The molecule has 0 atom stereocenters. The van der Waals surface area contributed by atoms with Crippen LogP contribution in [0.1, 0.15) is 10.4 Å². The number of hydrogen-bond acceptors (Lipinski definition) is 6. The summed E-state index contributed by atoms with van der Waals surface area (Å²) in [4.78, 5) is 17.0. The molecular weight excluding hydrogens is 366 g/mol. The first-order valence-electron chi connectivity index (χ1n) is 9.57. The van der Waals surface area contributed by atoms with Crippen LogP contribution in [0.2, 0.25) is 0 Å². The van der Waals surface area contributed by atoms with Crippen molar-refractivity contribution in [2.45, 2.75) is 0 Å². The Labute approximate surface area is 169 Å². The minimum atomic E-state index is -0.248. The Kier molecular flexibility index (Phi) is 5.56. The number of nitrogens with one attached hydrogen (secondary N) is 1. The Morgan fingerprint density at radius 2 is 1.66 bits per heavy atom. The molecule has 1 aliphatic heterocycles. The number of aromatic nitrogens is 2. The van der Waals surface area contributed by atoms with E-state index in [2.05, 4.69) is 49.6 Å². The zero-order valence-electron chi connectivity index (χ0n) is 16.3. The van der Waals surface area contributed by atoms with Crippen LogP contribution in [0.5, 0.6) is 5.75 Å². The summed E-state index contributed by atoms with van der Waals surface area (Å²) in [5.74, 6) is 1.62. The van der Waals surface area contributed by atoms with Gasteiger partial charge in [0.25, 0.3) is 5.91 Å². The van der Waals surface area contributed by atoms with E-state index >= 15 is 0 Å². The summed E-state index contributed by atoms with van der Waals surface area (Å²) in [6, 6.07) is 21.1. The predicted molar refractivity (Wildman–Crippen MR) is 114 cm³/mol. The normalized spacial score (nSPS) is 13.8. The van der Waals surface area contributed by atoms with Gasteiger partial charge in [-0.1, -0.05) is 24.3 Å². The van der Waals surface area contributed by atoms with E-state index in [9.17, 15) is 4.79 Å². The fourth-order valence-electron chi connectivity index (χ4n) is 3.35. The molecule has 3 aromatic rings. The minimum absolute atomic E-state index is 0.248. The molecule has 1 saturated heterocycles. The Morgan fingerprint density at radius 1 is 0.897 bits per heavy atom. The SMILES string of the molecule is COc1cccc(C(=O)Nc2ccc(N3CCN(c4ccccc4)CC3)nn2)c1. The Morgan fingerprint density at radius 3 is 2.34 bits per heavy atom. The largest absolute Gasteiger partial charge is 0.497 e. The summed E-state index contributed by atoms with van der Waals surface area (Å²) in [6.45, 7) is 3.61. The third-order valence-corrected chi connectivity index (χ3v) is 4.95. The van der Waals surface area contributed by atoms with Crippen LogP contribution < -0.4 is 19.9 Å². The molecule has 1 fully saturated rings. The molecule has 1 aliphatic rings. The van der Waals surface area contributed by atoms with Gasteiger partial charge in [-0.05, 0) is 42.5 Å². The van der Waals surface area contributed by atoms with Crippen LogP contribution in [-0.4, -0.2) is 49.4 Å². The zero-order chi connectivity index (χ0) is 20.1. The van der Waals surface area contributed by atoms with Crippen molar-refractivity contribution in [1.29, 1.82) is 0 Å². The van der Waals surface area contributed by atoms with Crippen LogP contribution in [0.25, 0.3) is 0 Å². The monoisotopic (exact) mass is 389 g/mol. The third kappa shape index (κ3) is 4.45. The van der Waals surface area contributed by atoms with Crippen molar-refractivity contribution in [3.05, 3.63) is 72.3 Å². The molecule has 1 aromatic heterocycles. The smallest absolute Gasteiger partial charge is 0.256 e. The highest BCUT2D eigenvalue weighted by Crippen LogP contribution is 2.19. The van der Waals surface area contributed by atoms with Crippen LogP contribution in [0.3, 0.4) is 0 Å². The van der Waals surface area contributed by atoms with E-state index in [0.29, 0.717) is 17.1 Å². The molecule has 0 spiro atoms. The molecule has 0 saturated carbocycles. The number of ether oxygens (including phenoxy) is 1. The average molecular weight is 389 g/mol. The number of anilines is 3. The quantitative estimate of drug-likeness (QED) is 0.723. The molecule has 0 aliphatic carbocycles. The Balaban J connectivity index is 1.35. The number of para-hydroxylation sites is 1. The molecule has 7 heteroatoms. The highest BCUT2D eigenvalue weighted by molar-refractivity contribution is 6.03. The molecule has 29 heavy (non-hydrogen) atoms. The lowest BCUT2D eigenvalue weighted by Crippen LogP contribution is -2.46. The van der Waals surface area contributed by atoms with Crippen LogP contribution in [0.4, 0.5) is 17.3 Å². The van der Waals surface area contributed by atoms with E-state index in [1.165, 1.54) is 5.69 Å². The Hall–Kier alpha value is -3.61. The molecule has 1 amide bonds. The van der Waals surface area contributed by atoms with Gasteiger partial charge in [-0.25, -0.2) is 0 Å². The maximum atomic E-state index is 12.4. The summed E-state index contributed by atoms with van der Waals surface area (Å²) >= 11 is 0. The fourth-order valence-corrected chi connectivity index (χ4v) is 3.35. The van der Waals surface area contributed by atoms with E-state index < -0.39 is 0 Å². The van der Waals surface area contributed by atoms with E-state index in [1.54, 1.807) is 37.4 Å². The molecule has 7 nitrogen and oxygen atoms in total. The summed E-state index contributed by atoms with van der Waals surface area (Å²) < 4.78 is 5.16. The highest BCUT2D eigenvalue weighted by atomic mass is 16.5. The number of rotatable bonds is 5. The first-order valence-corrected chi connectivity index (χ1v) is 9.57. The number of methoxy groups -OCH3 is 1. The molecular formula is C22H23N5O2. The summed E-state index contributed by atoms with van der Waals surface area (Å²) in [5.41, 5.74) is 1.75. The number of carbonyl (C=O) groups is 1. The average Bonchev–Trinajstić information content (AvgIpc) is 2.80. The van der Waals surface area contributed by atoms with E-state index in [1.807, 2.05) is 12.1 Å². The lowest BCUT2D eigenvalue weighted by molar-refractivity contribution is 0.102. The van der Waals surface area contributed by atoms with Gasteiger partial charge in [-0.15, -0.1) is 10.2 Å². The lowest BCUT2D eigenvalue weighted by atomic mass is 10.2. The van der Waals surface area contributed by atoms with E-state index in [0.717, 1.165) is 32.0 Å². The summed E-state index contributed by atoms with van der Waals surface area (Å²) in [5, 5.41) is 11.2. The second-order valence-corrected chi connectivity index (χ2v) is 6.77.